The number of hydrogen-bond donors (Lipinski definition) is 2. The molecule has 1 fully saturated rings. The summed E-state index contributed by atoms with van der Waals surface area (Å²) >= 11 is 0. The molecule has 0 spiro atoms. The molecule has 17 heavy (non-hydrogen) atoms. The molecule has 0 saturated heterocycles. The molecule has 0 bridgehead atoms. The van der Waals surface area contributed by atoms with Crippen LogP contribution in [0.3, 0.4) is 0 Å². The lowest BCUT2D eigenvalue weighted by Crippen LogP contribution is -2.17. The lowest BCUT2D eigenvalue weighted by Gasteiger charge is -2.14. The van der Waals surface area contributed by atoms with Gasteiger partial charge in [-0.15, -0.1) is 0 Å². The molecule has 3 N–H and O–H groups in total. The second-order valence-corrected chi connectivity index (χ2v) is 4.86. The van der Waals surface area contributed by atoms with E-state index in [1.807, 2.05) is 0 Å². The van der Waals surface area contributed by atoms with E-state index in [0.29, 0.717) is 18.3 Å². The summed E-state index contributed by atoms with van der Waals surface area (Å²) in [4.78, 5) is 0. The SMILES string of the molecule is CCC1(CCNc2cc(F)cc(F)c2)CC1N. The minimum absolute atomic E-state index is 0.249. The van der Waals surface area contributed by atoms with E-state index in [0.717, 1.165) is 25.3 Å². The van der Waals surface area contributed by atoms with Crippen LogP contribution in [0.15, 0.2) is 18.2 Å². The Bertz CT molecular complexity index is 384. The topological polar surface area (TPSA) is 38.0 Å². The molecule has 1 aliphatic carbocycles. The van der Waals surface area contributed by atoms with Crippen LogP contribution in [0.1, 0.15) is 26.2 Å². The molecule has 2 nitrogen and oxygen atoms in total. The van der Waals surface area contributed by atoms with Gasteiger partial charge in [0.2, 0.25) is 0 Å². The summed E-state index contributed by atoms with van der Waals surface area (Å²) in [6.45, 7) is 2.83. The molecule has 0 aliphatic heterocycles. The Morgan fingerprint density at radius 3 is 2.41 bits per heavy atom. The van der Waals surface area contributed by atoms with Crippen LogP contribution >= 0.6 is 0 Å². The fourth-order valence-corrected chi connectivity index (χ4v) is 2.36. The zero-order chi connectivity index (χ0) is 12.5. The summed E-state index contributed by atoms with van der Waals surface area (Å²) < 4.78 is 25.9. The zero-order valence-electron chi connectivity index (χ0n) is 9.97. The van der Waals surface area contributed by atoms with Crippen molar-refractivity contribution in [2.24, 2.45) is 11.1 Å². The lowest BCUT2D eigenvalue weighted by atomic mass is 9.98. The Morgan fingerprint density at radius 2 is 1.94 bits per heavy atom. The van der Waals surface area contributed by atoms with Crippen molar-refractivity contribution in [2.75, 3.05) is 11.9 Å². The summed E-state index contributed by atoms with van der Waals surface area (Å²) in [5, 5.41) is 3.04. The van der Waals surface area contributed by atoms with E-state index >= 15 is 0 Å². The number of halogens is 2. The summed E-state index contributed by atoms with van der Waals surface area (Å²) in [7, 11) is 0. The van der Waals surface area contributed by atoms with Crippen molar-refractivity contribution in [1.29, 1.82) is 0 Å². The Kier molecular flexibility index (Phi) is 3.33. The van der Waals surface area contributed by atoms with Crippen LogP contribution in [0.25, 0.3) is 0 Å². The molecule has 0 amide bonds. The quantitative estimate of drug-likeness (QED) is 0.830. The van der Waals surface area contributed by atoms with Crippen LogP contribution in [0.5, 0.6) is 0 Å². The van der Waals surface area contributed by atoms with Gasteiger partial charge in [-0.25, -0.2) is 8.78 Å². The molecule has 2 atom stereocenters. The van der Waals surface area contributed by atoms with Crippen molar-refractivity contribution in [3.63, 3.8) is 0 Å². The first-order valence-electron chi connectivity index (χ1n) is 6.01. The molecule has 1 saturated carbocycles. The summed E-state index contributed by atoms with van der Waals surface area (Å²) in [6, 6.07) is 3.76. The largest absolute Gasteiger partial charge is 0.385 e. The van der Waals surface area contributed by atoms with Crippen molar-refractivity contribution in [2.45, 2.75) is 32.2 Å². The van der Waals surface area contributed by atoms with E-state index in [1.54, 1.807) is 0 Å². The van der Waals surface area contributed by atoms with Crippen LogP contribution in [0.4, 0.5) is 14.5 Å². The highest BCUT2D eigenvalue weighted by Gasteiger charge is 2.49. The molecule has 2 unspecified atom stereocenters. The third-order valence-corrected chi connectivity index (χ3v) is 3.77. The normalized spacial score (nSPS) is 26.9. The summed E-state index contributed by atoms with van der Waals surface area (Å²) in [6.07, 6.45) is 3.07. The van der Waals surface area contributed by atoms with Gasteiger partial charge in [0.25, 0.3) is 0 Å². The van der Waals surface area contributed by atoms with Crippen LogP contribution in [-0.4, -0.2) is 12.6 Å². The Morgan fingerprint density at radius 1 is 1.35 bits per heavy atom. The Balaban J connectivity index is 1.86. The highest BCUT2D eigenvalue weighted by molar-refractivity contribution is 5.43. The van der Waals surface area contributed by atoms with Gasteiger partial charge in [0, 0.05) is 24.3 Å². The van der Waals surface area contributed by atoms with Crippen molar-refractivity contribution in [3.8, 4) is 0 Å². The molecule has 4 heteroatoms. The number of anilines is 1. The highest BCUT2D eigenvalue weighted by Crippen LogP contribution is 2.50. The molecule has 94 valence electrons. The predicted molar refractivity (Wildman–Crippen MR) is 64.8 cm³/mol. The van der Waals surface area contributed by atoms with Gasteiger partial charge in [0.15, 0.2) is 0 Å². The van der Waals surface area contributed by atoms with E-state index in [9.17, 15) is 8.78 Å². The highest BCUT2D eigenvalue weighted by atomic mass is 19.1. The second-order valence-electron chi connectivity index (χ2n) is 4.86. The van der Waals surface area contributed by atoms with E-state index in [2.05, 4.69) is 12.2 Å². The van der Waals surface area contributed by atoms with Crippen molar-refractivity contribution in [3.05, 3.63) is 29.8 Å². The van der Waals surface area contributed by atoms with Crippen LogP contribution in [-0.2, 0) is 0 Å². The molecule has 0 radical (unpaired) electrons. The van der Waals surface area contributed by atoms with Crippen LogP contribution in [0.2, 0.25) is 0 Å². The molecule has 0 heterocycles. The van der Waals surface area contributed by atoms with E-state index in [1.165, 1.54) is 12.1 Å². The fraction of sp³-hybridized carbons (Fsp3) is 0.538. The number of benzene rings is 1. The van der Waals surface area contributed by atoms with E-state index in [-0.39, 0.29) is 5.41 Å². The van der Waals surface area contributed by atoms with Gasteiger partial charge < -0.3 is 11.1 Å². The number of rotatable bonds is 5. The predicted octanol–water partition coefficient (Wildman–Crippen LogP) is 2.89. The van der Waals surface area contributed by atoms with Crippen molar-refractivity contribution < 1.29 is 8.78 Å². The van der Waals surface area contributed by atoms with Gasteiger partial charge in [-0.2, -0.15) is 0 Å². The number of nitrogens with one attached hydrogen (secondary N) is 1. The van der Waals surface area contributed by atoms with Gasteiger partial charge in [-0.3, -0.25) is 0 Å². The van der Waals surface area contributed by atoms with Crippen LogP contribution < -0.4 is 11.1 Å². The maximum atomic E-state index is 12.9. The van der Waals surface area contributed by atoms with Gasteiger partial charge in [0.05, 0.1) is 0 Å². The first-order chi connectivity index (χ1) is 8.05. The van der Waals surface area contributed by atoms with Gasteiger partial charge in [0.1, 0.15) is 11.6 Å². The number of nitrogens with two attached hydrogens (primary N) is 1. The average Bonchev–Trinajstić information content (AvgIpc) is 2.88. The standard InChI is InChI=1S/C13H18F2N2/c1-2-13(8-12(13)16)3-4-17-11-6-9(14)5-10(15)7-11/h5-7,12,17H,2-4,8,16H2,1H3. The molecule has 2 rings (SSSR count). The van der Waals surface area contributed by atoms with Crippen LogP contribution in [0, 0.1) is 17.0 Å². The molecule has 1 aliphatic rings. The maximum Gasteiger partial charge on any atom is 0.128 e. The van der Waals surface area contributed by atoms with Gasteiger partial charge >= 0.3 is 0 Å². The summed E-state index contributed by atoms with van der Waals surface area (Å²) in [5.41, 5.74) is 6.63. The van der Waals surface area contributed by atoms with Gasteiger partial charge in [-0.1, -0.05) is 6.92 Å². The minimum atomic E-state index is -0.555. The van der Waals surface area contributed by atoms with Crippen molar-refractivity contribution >= 4 is 5.69 Å². The lowest BCUT2D eigenvalue weighted by molar-refractivity contribution is 0.445. The smallest absolute Gasteiger partial charge is 0.128 e. The third kappa shape index (κ3) is 2.75. The molecular formula is C13H18F2N2. The maximum absolute atomic E-state index is 12.9. The first-order valence-corrected chi connectivity index (χ1v) is 6.01. The summed E-state index contributed by atoms with van der Waals surface area (Å²) in [5.74, 6) is -1.11. The second kappa shape index (κ2) is 4.61. The molecular weight excluding hydrogens is 222 g/mol. The Hall–Kier alpha value is -1.16. The molecule has 1 aromatic carbocycles. The third-order valence-electron chi connectivity index (χ3n) is 3.77. The Labute approximate surface area is 100 Å². The molecule has 1 aromatic rings. The average molecular weight is 240 g/mol. The molecule has 0 aromatic heterocycles. The van der Waals surface area contributed by atoms with Gasteiger partial charge in [-0.05, 0) is 36.8 Å². The van der Waals surface area contributed by atoms with E-state index < -0.39 is 11.6 Å². The number of hydrogen-bond acceptors (Lipinski definition) is 2. The van der Waals surface area contributed by atoms with E-state index in [4.69, 9.17) is 5.73 Å². The van der Waals surface area contributed by atoms with Crippen molar-refractivity contribution in [1.82, 2.24) is 0 Å². The first kappa shape index (κ1) is 12.3. The minimum Gasteiger partial charge on any atom is -0.385 e. The zero-order valence-corrected chi connectivity index (χ0v) is 9.97. The monoisotopic (exact) mass is 240 g/mol. The fourth-order valence-electron chi connectivity index (χ4n) is 2.36.